The zero-order chi connectivity index (χ0) is 17.1. The molecule has 128 valence electrons. The van der Waals surface area contributed by atoms with Crippen LogP contribution in [0.15, 0.2) is 42.6 Å². The second-order valence-electron chi connectivity index (χ2n) is 6.56. The van der Waals surface area contributed by atoms with Gasteiger partial charge in [-0.2, -0.15) is 10.3 Å². The number of nitrogens with zero attached hydrogens (tertiary/aromatic N) is 4. The Bertz CT molecular complexity index is 860. The normalized spacial score (nSPS) is 17.3. The SMILES string of the molecule is O=C(c1cnc2n[nH]nc2c1)N1CCCC1CCCc1ccccc1. The van der Waals surface area contributed by atoms with E-state index in [4.69, 9.17) is 0 Å². The van der Waals surface area contributed by atoms with Crippen molar-refractivity contribution < 1.29 is 4.79 Å². The van der Waals surface area contributed by atoms with Gasteiger partial charge in [0.2, 0.25) is 5.65 Å². The largest absolute Gasteiger partial charge is 0.336 e. The number of carbonyl (C=O) groups excluding carboxylic acids is 1. The molecule has 3 aromatic rings. The molecule has 3 heterocycles. The van der Waals surface area contributed by atoms with Crippen LogP contribution in [0.5, 0.6) is 0 Å². The first-order chi connectivity index (χ1) is 12.3. The molecule has 6 nitrogen and oxygen atoms in total. The Kier molecular flexibility index (Phi) is 4.41. The van der Waals surface area contributed by atoms with Gasteiger partial charge >= 0.3 is 0 Å². The molecule has 0 radical (unpaired) electrons. The van der Waals surface area contributed by atoms with Gasteiger partial charge in [0.25, 0.3) is 5.91 Å². The predicted octanol–water partition coefficient (Wildman–Crippen LogP) is 2.98. The lowest BCUT2D eigenvalue weighted by Gasteiger charge is -2.24. The molecule has 1 atom stereocenters. The van der Waals surface area contributed by atoms with E-state index in [0.717, 1.165) is 38.6 Å². The van der Waals surface area contributed by atoms with Gasteiger partial charge in [0.15, 0.2) is 0 Å². The highest BCUT2D eigenvalue weighted by atomic mass is 16.2. The van der Waals surface area contributed by atoms with E-state index in [2.05, 4.69) is 44.7 Å². The molecule has 4 rings (SSSR count). The fourth-order valence-electron chi connectivity index (χ4n) is 3.61. The van der Waals surface area contributed by atoms with Gasteiger partial charge in [-0.3, -0.25) is 4.79 Å². The lowest BCUT2D eigenvalue weighted by molar-refractivity contribution is 0.0729. The molecular weight excluding hydrogens is 314 g/mol. The molecule has 0 bridgehead atoms. The number of benzene rings is 1. The minimum atomic E-state index is 0.0552. The number of aromatic nitrogens is 4. The van der Waals surface area contributed by atoms with Crippen LogP contribution in [0.2, 0.25) is 0 Å². The number of aromatic amines is 1. The zero-order valence-electron chi connectivity index (χ0n) is 14.1. The van der Waals surface area contributed by atoms with Crippen LogP contribution in [0.1, 0.15) is 41.6 Å². The molecule has 1 amide bonds. The van der Waals surface area contributed by atoms with Crippen molar-refractivity contribution in [2.75, 3.05) is 6.54 Å². The van der Waals surface area contributed by atoms with E-state index in [9.17, 15) is 4.79 Å². The topological polar surface area (TPSA) is 74.8 Å². The molecule has 0 saturated carbocycles. The summed E-state index contributed by atoms with van der Waals surface area (Å²) in [6.07, 6.45) is 6.96. The van der Waals surface area contributed by atoms with Crippen LogP contribution in [0.4, 0.5) is 0 Å². The maximum absolute atomic E-state index is 12.9. The fourth-order valence-corrected chi connectivity index (χ4v) is 3.61. The van der Waals surface area contributed by atoms with Crippen molar-refractivity contribution in [3.8, 4) is 0 Å². The van der Waals surface area contributed by atoms with E-state index >= 15 is 0 Å². The predicted molar refractivity (Wildman–Crippen MR) is 95.1 cm³/mol. The van der Waals surface area contributed by atoms with Crippen LogP contribution < -0.4 is 0 Å². The van der Waals surface area contributed by atoms with Crippen molar-refractivity contribution in [2.45, 2.75) is 38.1 Å². The Hall–Kier alpha value is -2.76. The number of carbonyl (C=O) groups is 1. The number of likely N-dealkylation sites (tertiary alicyclic amines) is 1. The molecule has 1 N–H and O–H groups in total. The number of pyridine rings is 1. The van der Waals surface area contributed by atoms with Crippen LogP contribution in [-0.4, -0.2) is 43.8 Å². The second kappa shape index (κ2) is 7.01. The van der Waals surface area contributed by atoms with E-state index < -0.39 is 0 Å². The van der Waals surface area contributed by atoms with Gasteiger partial charge in [0, 0.05) is 18.8 Å². The van der Waals surface area contributed by atoms with Gasteiger partial charge < -0.3 is 4.90 Å². The minimum Gasteiger partial charge on any atom is -0.336 e. The molecule has 1 aliphatic rings. The highest BCUT2D eigenvalue weighted by Crippen LogP contribution is 2.24. The quantitative estimate of drug-likeness (QED) is 0.778. The first-order valence-electron chi connectivity index (χ1n) is 8.83. The van der Waals surface area contributed by atoms with E-state index in [0.29, 0.717) is 22.8 Å². The molecule has 1 unspecified atom stereocenters. The van der Waals surface area contributed by atoms with Gasteiger partial charge in [-0.1, -0.05) is 30.3 Å². The second-order valence-corrected chi connectivity index (χ2v) is 6.56. The highest BCUT2D eigenvalue weighted by molar-refractivity contribution is 5.96. The molecule has 1 saturated heterocycles. The van der Waals surface area contributed by atoms with Gasteiger partial charge in [-0.05, 0) is 43.7 Å². The Labute approximate surface area is 146 Å². The van der Waals surface area contributed by atoms with Crippen molar-refractivity contribution in [1.29, 1.82) is 0 Å². The summed E-state index contributed by atoms with van der Waals surface area (Å²) in [5.41, 5.74) is 3.12. The average Bonchev–Trinajstić information content (AvgIpc) is 3.30. The van der Waals surface area contributed by atoms with E-state index in [1.165, 1.54) is 5.56 Å². The Morgan fingerprint density at radius 2 is 2.12 bits per heavy atom. The Morgan fingerprint density at radius 3 is 3.00 bits per heavy atom. The molecular formula is C19H21N5O. The molecule has 1 aliphatic heterocycles. The third-order valence-corrected chi connectivity index (χ3v) is 4.90. The third-order valence-electron chi connectivity index (χ3n) is 4.90. The van der Waals surface area contributed by atoms with Crippen molar-refractivity contribution in [3.05, 3.63) is 53.7 Å². The molecule has 0 spiro atoms. The van der Waals surface area contributed by atoms with Crippen molar-refractivity contribution in [2.24, 2.45) is 0 Å². The average molecular weight is 335 g/mol. The number of aryl methyl sites for hydroxylation is 1. The molecule has 2 aromatic heterocycles. The van der Waals surface area contributed by atoms with Gasteiger partial charge in [0.1, 0.15) is 5.52 Å². The number of hydrogen-bond acceptors (Lipinski definition) is 4. The lowest BCUT2D eigenvalue weighted by atomic mass is 10.0. The summed E-state index contributed by atoms with van der Waals surface area (Å²) in [5.74, 6) is 0.0552. The summed E-state index contributed by atoms with van der Waals surface area (Å²) in [6, 6.07) is 12.6. The monoisotopic (exact) mass is 335 g/mol. The maximum Gasteiger partial charge on any atom is 0.255 e. The zero-order valence-corrected chi connectivity index (χ0v) is 14.1. The molecule has 6 heteroatoms. The standard InChI is InChI=1S/C19H21N5O/c25-19(15-12-17-18(20-13-15)22-23-21-17)24-11-5-10-16(24)9-4-8-14-6-2-1-3-7-14/h1-3,6-7,12-13,16H,4-5,8-11H2,(H,20,21,22,23). The molecule has 0 aliphatic carbocycles. The number of nitrogens with one attached hydrogen (secondary N) is 1. The number of hydrogen-bond donors (Lipinski definition) is 1. The van der Waals surface area contributed by atoms with Crippen LogP contribution in [-0.2, 0) is 6.42 Å². The molecule has 1 aromatic carbocycles. The number of amides is 1. The molecule has 1 fully saturated rings. The van der Waals surface area contributed by atoms with Gasteiger partial charge in [0.05, 0.1) is 5.56 Å². The van der Waals surface area contributed by atoms with Crippen molar-refractivity contribution >= 4 is 17.1 Å². The highest BCUT2D eigenvalue weighted by Gasteiger charge is 2.29. The van der Waals surface area contributed by atoms with Crippen molar-refractivity contribution in [1.82, 2.24) is 25.3 Å². The van der Waals surface area contributed by atoms with E-state index in [1.54, 1.807) is 12.3 Å². The number of fused-ring (bicyclic) bond motifs is 1. The van der Waals surface area contributed by atoms with Gasteiger partial charge in [-0.25, -0.2) is 4.98 Å². The molecule has 25 heavy (non-hydrogen) atoms. The van der Waals surface area contributed by atoms with Crippen LogP contribution in [0.25, 0.3) is 11.2 Å². The summed E-state index contributed by atoms with van der Waals surface area (Å²) in [6.45, 7) is 0.825. The van der Waals surface area contributed by atoms with Crippen LogP contribution in [0.3, 0.4) is 0 Å². The van der Waals surface area contributed by atoms with Crippen molar-refractivity contribution in [3.63, 3.8) is 0 Å². The Balaban J connectivity index is 1.40. The lowest BCUT2D eigenvalue weighted by Crippen LogP contribution is -2.35. The summed E-state index contributed by atoms with van der Waals surface area (Å²) < 4.78 is 0. The maximum atomic E-state index is 12.9. The summed E-state index contributed by atoms with van der Waals surface area (Å²) in [4.78, 5) is 19.1. The number of H-pyrrole nitrogens is 1. The summed E-state index contributed by atoms with van der Waals surface area (Å²) in [5, 5.41) is 10.5. The first-order valence-corrected chi connectivity index (χ1v) is 8.83. The third kappa shape index (κ3) is 3.38. The van der Waals surface area contributed by atoms with Crippen LogP contribution >= 0.6 is 0 Å². The van der Waals surface area contributed by atoms with Crippen LogP contribution in [0, 0.1) is 0 Å². The number of rotatable bonds is 5. The smallest absolute Gasteiger partial charge is 0.255 e. The van der Waals surface area contributed by atoms with E-state index in [-0.39, 0.29) is 5.91 Å². The minimum absolute atomic E-state index is 0.0552. The summed E-state index contributed by atoms with van der Waals surface area (Å²) >= 11 is 0. The van der Waals surface area contributed by atoms with Gasteiger partial charge in [-0.15, -0.1) is 5.10 Å². The fraction of sp³-hybridized carbons (Fsp3) is 0.368. The first kappa shape index (κ1) is 15.7. The van der Waals surface area contributed by atoms with E-state index in [1.807, 2.05) is 11.0 Å². The summed E-state index contributed by atoms with van der Waals surface area (Å²) in [7, 11) is 0. The Morgan fingerprint density at radius 1 is 1.24 bits per heavy atom.